The molecule has 3 aromatic rings. The zero-order chi connectivity index (χ0) is 32.0. The van der Waals surface area contributed by atoms with Crippen LogP contribution in [-0.2, 0) is 10.0 Å². The average molecular weight is 649 g/mol. The van der Waals surface area contributed by atoms with Gasteiger partial charge < -0.3 is 14.4 Å². The van der Waals surface area contributed by atoms with Gasteiger partial charge in [0.1, 0.15) is 10.7 Å². The van der Waals surface area contributed by atoms with Gasteiger partial charge in [-0.2, -0.15) is 13.2 Å². The van der Waals surface area contributed by atoms with E-state index >= 15 is 0 Å². The molecule has 1 amide bonds. The Morgan fingerprint density at radius 3 is 2.64 bits per heavy atom. The second-order valence-electron chi connectivity index (χ2n) is 12.6. The molecule has 0 spiro atoms. The van der Waals surface area contributed by atoms with Gasteiger partial charge in [0, 0.05) is 30.4 Å². The van der Waals surface area contributed by atoms with Gasteiger partial charge in [0.2, 0.25) is 11.8 Å². The molecular weight excluding hydrogens is 613 g/mol. The number of ether oxygens (including phenoxy) is 2. The SMILES string of the molecule is CC1(C)CC2CCCCOc3ccc(cn3)S(=O)(=O)NC(=O)c3ccc(-n4ccc(OCCC5(C(F)(F)F)CC5)n4)nc3N1C2. The van der Waals surface area contributed by atoms with E-state index in [1.54, 1.807) is 6.20 Å². The van der Waals surface area contributed by atoms with Crippen LogP contribution in [-0.4, -0.2) is 65.5 Å². The number of pyridine rings is 2. The van der Waals surface area contributed by atoms with Crippen molar-refractivity contribution < 1.29 is 35.9 Å². The van der Waals surface area contributed by atoms with Crippen LogP contribution in [0.4, 0.5) is 19.0 Å². The molecule has 6 heterocycles. The van der Waals surface area contributed by atoms with Gasteiger partial charge >= 0.3 is 6.18 Å². The Hall–Kier alpha value is -3.88. The van der Waals surface area contributed by atoms with Crippen molar-refractivity contribution in [3.05, 3.63) is 48.3 Å². The summed E-state index contributed by atoms with van der Waals surface area (Å²) in [6.07, 6.45) is 2.02. The average Bonchev–Trinajstić information content (AvgIpc) is 3.53. The van der Waals surface area contributed by atoms with Crippen molar-refractivity contribution >= 4 is 21.7 Å². The summed E-state index contributed by atoms with van der Waals surface area (Å²) in [6.45, 7) is 5.03. The van der Waals surface area contributed by atoms with Gasteiger partial charge in [-0.3, -0.25) is 4.79 Å². The minimum Gasteiger partial charge on any atom is -0.478 e. The van der Waals surface area contributed by atoms with E-state index in [4.69, 9.17) is 14.5 Å². The fraction of sp³-hybridized carbons (Fsp3) is 0.533. The molecule has 2 fully saturated rings. The lowest BCUT2D eigenvalue weighted by molar-refractivity contribution is -0.190. The van der Waals surface area contributed by atoms with Crippen LogP contribution in [0.5, 0.6) is 11.8 Å². The zero-order valence-electron chi connectivity index (χ0n) is 25.0. The molecule has 45 heavy (non-hydrogen) atoms. The third kappa shape index (κ3) is 6.44. The lowest BCUT2D eigenvalue weighted by atomic mass is 9.93. The normalized spacial score (nSPS) is 22.2. The molecule has 3 aromatic heterocycles. The number of carbonyl (C=O) groups excluding carboxylic acids is 1. The maximum Gasteiger partial charge on any atom is 0.394 e. The monoisotopic (exact) mass is 648 g/mol. The first-order valence-corrected chi connectivity index (χ1v) is 16.5. The Morgan fingerprint density at radius 2 is 1.93 bits per heavy atom. The molecule has 1 saturated heterocycles. The maximum absolute atomic E-state index is 13.6. The quantitative estimate of drug-likeness (QED) is 0.404. The number of aromatic nitrogens is 4. The summed E-state index contributed by atoms with van der Waals surface area (Å²) >= 11 is 0. The molecule has 0 aromatic carbocycles. The Morgan fingerprint density at radius 1 is 1.13 bits per heavy atom. The van der Waals surface area contributed by atoms with Gasteiger partial charge in [0.15, 0.2) is 5.82 Å². The predicted octanol–water partition coefficient (Wildman–Crippen LogP) is 5.06. The van der Waals surface area contributed by atoms with Crippen molar-refractivity contribution in [2.24, 2.45) is 11.3 Å². The van der Waals surface area contributed by atoms with Crippen molar-refractivity contribution in [1.29, 1.82) is 0 Å². The van der Waals surface area contributed by atoms with Crippen molar-refractivity contribution in [3.8, 4) is 17.6 Å². The van der Waals surface area contributed by atoms with Crippen molar-refractivity contribution in [1.82, 2.24) is 24.5 Å². The van der Waals surface area contributed by atoms with Crippen LogP contribution >= 0.6 is 0 Å². The van der Waals surface area contributed by atoms with Crippen LogP contribution in [0, 0.1) is 11.3 Å². The number of carbonyl (C=O) groups is 1. The first-order chi connectivity index (χ1) is 21.3. The summed E-state index contributed by atoms with van der Waals surface area (Å²) in [5.74, 6) is 0.528. The smallest absolute Gasteiger partial charge is 0.394 e. The van der Waals surface area contributed by atoms with E-state index in [0.29, 0.717) is 36.6 Å². The Kier molecular flexibility index (Phi) is 7.94. The number of alkyl halides is 3. The number of nitrogens with one attached hydrogen (secondary N) is 1. The third-order valence-corrected chi connectivity index (χ3v) is 10.2. The number of hydrogen-bond donors (Lipinski definition) is 1. The molecular formula is C30H35F3N6O5S. The van der Waals surface area contributed by atoms with Gasteiger partial charge in [0.05, 0.1) is 30.4 Å². The van der Waals surface area contributed by atoms with Gasteiger partial charge in [-0.1, -0.05) is 0 Å². The van der Waals surface area contributed by atoms with E-state index in [2.05, 4.69) is 28.7 Å². The second-order valence-corrected chi connectivity index (χ2v) is 14.3. The molecule has 15 heteroatoms. The van der Waals surface area contributed by atoms with Gasteiger partial charge in [0.25, 0.3) is 15.9 Å². The zero-order valence-corrected chi connectivity index (χ0v) is 25.8. The molecule has 1 N–H and O–H groups in total. The number of anilines is 1. The van der Waals surface area contributed by atoms with Gasteiger partial charge in [-0.25, -0.2) is 27.8 Å². The fourth-order valence-corrected chi connectivity index (χ4v) is 7.06. The molecule has 1 saturated carbocycles. The highest BCUT2D eigenvalue weighted by molar-refractivity contribution is 7.90. The topological polar surface area (TPSA) is 129 Å². The number of hydrogen-bond acceptors (Lipinski definition) is 9. The molecule has 4 bridgehead atoms. The summed E-state index contributed by atoms with van der Waals surface area (Å²) in [5.41, 5.74) is -2.00. The highest BCUT2D eigenvalue weighted by Crippen LogP contribution is 2.59. The summed E-state index contributed by atoms with van der Waals surface area (Å²) in [7, 11) is -4.26. The molecule has 0 radical (unpaired) electrons. The largest absolute Gasteiger partial charge is 0.478 e. The number of nitrogens with zero attached hydrogens (tertiary/aromatic N) is 5. The molecule has 4 aliphatic rings. The number of fused-ring (bicyclic) bond motifs is 8. The number of rotatable bonds is 5. The van der Waals surface area contributed by atoms with E-state index in [-0.39, 0.29) is 42.2 Å². The molecule has 3 aliphatic heterocycles. The summed E-state index contributed by atoms with van der Waals surface area (Å²) in [5, 5.41) is 4.35. The van der Waals surface area contributed by atoms with Crippen molar-refractivity contribution in [2.75, 3.05) is 24.7 Å². The highest BCUT2D eigenvalue weighted by atomic mass is 32.2. The van der Waals surface area contributed by atoms with E-state index in [1.165, 1.54) is 35.0 Å². The van der Waals surface area contributed by atoms with Crippen molar-refractivity contribution in [2.45, 2.75) is 75.4 Å². The molecule has 1 aliphatic carbocycles. The molecule has 1 atom stereocenters. The summed E-state index contributed by atoms with van der Waals surface area (Å²) in [4.78, 5) is 24.3. The van der Waals surface area contributed by atoms with E-state index < -0.39 is 33.1 Å². The number of sulfonamides is 1. The van der Waals surface area contributed by atoms with Crippen molar-refractivity contribution in [3.63, 3.8) is 0 Å². The third-order valence-electron chi connectivity index (χ3n) is 8.91. The highest BCUT2D eigenvalue weighted by Gasteiger charge is 2.62. The van der Waals surface area contributed by atoms with Crippen LogP contribution in [0.15, 0.2) is 47.6 Å². The summed E-state index contributed by atoms with van der Waals surface area (Å²) < 4.78 is 80.9. The minimum absolute atomic E-state index is 0.0683. The minimum atomic E-state index is -4.26. The molecule has 11 nitrogen and oxygen atoms in total. The van der Waals surface area contributed by atoms with E-state index in [1.807, 2.05) is 4.90 Å². The Bertz CT molecular complexity index is 1670. The van der Waals surface area contributed by atoms with Crippen LogP contribution in [0.1, 0.15) is 69.2 Å². The fourth-order valence-electron chi connectivity index (χ4n) is 6.15. The lowest BCUT2D eigenvalue weighted by Crippen LogP contribution is -2.41. The number of amides is 1. The van der Waals surface area contributed by atoms with Crippen LogP contribution in [0.25, 0.3) is 5.82 Å². The summed E-state index contributed by atoms with van der Waals surface area (Å²) in [6, 6.07) is 7.35. The molecule has 242 valence electrons. The first kappa shape index (κ1) is 31.1. The standard InChI is InChI=1S/C30H35F3N6O5S/c1-28(2)17-20-5-3-4-15-43-24-9-6-21(18-34-24)45(41,42)37-27(40)22-7-8-23(35-26(22)38(28)19-20)39-14-10-25(36-39)44-16-13-29(11-12-29)30(31,32)33/h6-10,14,18,20H,3-5,11-13,15-17,19H2,1-2H3,(H,37,40). The van der Waals surface area contributed by atoms with Gasteiger partial charge in [-0.15, -0.1) is 5.10 Å². The Labute approximate surface area is 259 Å². The number of halogens is 3. The van der Waals surface area contributed by atoms with Gasteiger partial charge in [-0.05, 0) is 82.9 Å². The van der Waals surface area contributed by atoms with Crippen LogP contribution in [0.2, 0.25) is 0 Å². The molecule has 7 rings (SSSR count). The lowest BCUT2D eigenvalue weighted by Gasteiger charge is -2.34. The molecule has 1 unspecified atom stereocenters. The first-order valence-electron chi connectivity index (χ1n) is 15.0. The second kappa shape index (κ2) is 11.5. The van der Waals surface area contributed by atoms with E-state index in [0.717, 1.165) is 31.9 Å². The van der Waals surface area contributed by atoms with E-state index in [9.17, 15) is 26.4 Å². The van der Waals surface area contributed by atoms with Crippen LogP contribution in [0.3, 0.4) is 0 Å². The maximum atomic E-state index is 13.6. The predicted molar refractivity (Wildman–Crippen MR) is 157 cm³/mol. The van der Waals surface area contributed by atoms with Crippen LogP contribution < -0.4 is 19.1 Å². The Balaban J connectivity index is 1.29.